The van der Waals surface area contributed by atoms with Crippen LogP contribution in [-0.4, -0.2) is 32.7 Å². The Morgan fingerprint density at radius 3 is 3.00 bits per heavy atom. The molecule has 5 heteroatoms. The molecular formula is C9H15N3OS. The molecule has 4 nitrogen and oxygen atoms in total. The van der Waals surface area contributed by atoms with Gasteiger partial charge in [-0.3, -0.25) is 4.21 Å². The van der Waals surface area contributed by atoms with Gasteiger partial charge in [0.1, 0.15) is 0 Å². The Hall–Kier alpha value is -0.970. The van der Waals surface area contributed by atoms with Crippen molar-refractivity contribution in [2.24, 2.45) is 0 Å². The van der Waals surface area contributed by atoms with Crippen molar-refractivity contribution >= 4 is 16.7 Å². The van der Waals surface area contributed by atoms with Gasteiger partial charge in [-0.25, -0.2) is 9.97 Å². The third kappa shape index (κ3) is 4.32. The monoisotopic (exact) mass is 213 g/mol. The van der Waals surface area contributed by atoms with Crippen LogP contribution in [-0.2, 0) is 10.8 Å². The first-order valence-corrected chi connectivity index (χ1v) is 6.25. The first kappa shape index (κ1) is 11.1. The lowest BCUT2D eigenvalue weighted by Crippen LogP contribution is -2.08. The highest BCUT2D eigenvalue weighted by Crippen LogP contribution is 1.98. The van der Waals surface area contributed by atoms with E-state index in [-0.39, 0.29) is 0 Å². The van der Waals surface area contributed by atoms with Gasteiger partial charge in [-0.2, -0.15) is 0 Å². The van der Waals surface area contributed by atoms with E-state index in [1.807, 2.05) is 13.0 Å². The van der Waals surface area contributed by atoms with E-state index in [4.69, 9.17) is 0 Å². The molecule has 1 aromatic rings. The predicted octanol–water partition coefficient (Wildman–Crippen LogP) is 0.966. The second-order valence-electron chi connectivity index (χ2n) is 3.08. The molecule has 0 fully saturated rings. The summed E-state index contributed by atoms with van der Waals surface area (Å²) in [7, 11) is -0.709. The van der Waals surface area contributed by atoms with Crippen LogP contribution in [0.15, 0.2) is 12.3 Å². The third-order valence-corrected chi connectivity index (χ3v) is 2.55. The molecule has 0 aliphatic rings. The molecule has 1 unspecified atom stereocenters. The standard InChI is InChI=1S/C9H15N3OS/c1-8-4-6-11-9(12-8)10-5-3-7-14(2)13/h4,6H,3,5,7H2,1-2H3,(H,10,11,12). The maximum atomic E-state index is 10.8. The first-order chi connectivity index (χ1) is 6.68. The molecule has 0 aromatic carbocycles. The molecule has 0 amide bonds. The largest absolute Gasteiger partial charge is 0.354 e. The highest BCUT2D eigenvalue weighted by molar-refractivity contribution is 7.84. The van der Waals surface area contributed by atoms with Gasteiger partial charge in [-0.15, -0.1) is 0 Å². The summed E-state index contributed by atoms with van der Waals surface area (Å²) in [5, 5.41) is 3.08. The topological polar surface area (TPSA) is 54.9 Å². The Labute approximate surface area is 86.6 Å². The number of hydrogen-bond acceptors (Lipinski definition) is 4. The molecule has 0 aliphatic heterocycles. The van der Waals surface area contributed by atoms with Gasteiger partial charge in [0.2, 0.25) is 5.95 Å². The number of aryl methyl sites for hydroxylation is 1. The molecule has 0 saturated heterocycles. The smallest absolute Gasteiger partial charge is 0.222 e. The summed E-state index contributed by atoms with van der Waals surface area (Å²) in [6.07, 6.45) is 4.31. The molecule has 0 bridgehead atoms. The van der Waals surface area contributed by atoms with Crippen LogP contribution in [0, 0.1) is 6.92 Å². The zero-order valence-electron chi connectivity index (χ0n) is 8.49. The van der Waals surface area contributed by atoms with E-state index in [0.29, 0.717) is 5.95 Å². The lowest BCUT2D eigenvalue weighted by atomic mass is 10.4. The summed E-state index contributed by atoms with van der Waals surface area (Å²) < 4.78 is 10.8. The highest BCUT2D eigenvalue weighted by atomic mass is 32.2. The summed E-state index contributed by atoms with van der Waals surface area (Å²) in [6.45, 7) is 2.69. The molecule has 0 saturated carbocycles. The van der Waals surface area contributed by atoms with Crippen LogP contribution >= 0.6 is 0 Å². The van der Waals surface area contributed by atoms with E-state index in [2.05, 4.69) is 15.3 Å². The molecule has 0 aliphatic carbocycles. The van der Waals surface area contributed by atoms with Crippen LogP contribution < -0.4 is 5.32 Å². The summed E-state index contributed by atoms with van der Waals surface area (Å²) in [6, 6.07) is 1.85. The number of anilines is 1. The van der Waals surface area contributed by atoms with Gasteiger partial charge >= 0.3 is 0 Å². The normalized spacial score (nSPS) is 12.4. The number of rotatable bonds is 5. The van der Waals surface area contributed by atoms with Crippen molar-refractivity contribution in [3.05, 3.63) is 18.0 Å². The Morgan fingerprint density at radius 1 is 1.57 bits per heavy atom. The fraction of sp³-hybridized carbons (Fsp3) is 0.556. The molecule has 1 N–H and O–H groups in total. The van der Waals surface area contributed by atoms with E-state index in [0.717, 1.165) is 24.4 Å². The molecule has 0 radical (unpaired) electrons. The molecular weight excluding hydrogens is 198 g/mol. The van der Waals surface area contributed by atoms with Crippen LogP contribution in [0.25, 0.3) is 0 Å². The molecule has 78 valence electrons. The van der Waals surface area contributed by atoms with Gasteiger partial charge < -0.3 is 5.32 Å². The highest BCUT2D eigenvalue weighted by Gasteiger charge is 1.95. The maximum Gasteiger partial charge on any atom is 0.222 e. The Bertz CT molecular complexity index is 317. The van der Waals surface area contributed by atoms with E-state index >= 15 is 0 Å². The van der Waals surface area contributed by atoms with E-state index in [9.17, 15) is 4.21 Å². The van der Waals surface area contributed by atoms with Crippen molar-refractivity contribution in [3.8, 4) is 0 Å². The zero-order chi connectivity index (χ0) is 10.4. The molecule has 0 spiro atoms. The first-order valence-electron chi connectivity index (χ1n) is 4.52. The zero-order valence-corrected chi connectivity index (χ0v) is 9.30. The van der Waals surface area contributed by atoms with Gasteiger partial charge in [-0.05, 0) is 19.4 Å². The minimum absolute atomic E-state index is 0.645. The van der Waals surface area contributed by atoms with Crippen molar-refractivity contribution in [1.29, 1.82) is 0 Å². The average Bonchev–Trinajstić information content (AvgIpc) is 2.12. The molecule has 14 heavy (non-hydrogen) atoms. The van der Waals surface area contributed by atoms with Crippen molar-refractivity contribution < 1.29 is 4.21 Å². The number of hydrogen-bond donors (Lipinski definition) is 1. The lowest BCUT2D eigenvalue weighted by molar-refractivity contribution is 0.685. The number of nitrogens with zero attached hydrogens (tertiary/aromatic N) is 2. The summed E-state index contributed by atoms with van der Waals surface area (Å²) in [5.74, 6) is 1.37. The fourth-order valence-electron chi connectivity index (χ4n) is 1.01. The SMILES string of the molecule is Cc1ccnc(NCCCS(C)=O)n1. The number of nitrogens with one attached hydrogen (secondary N) is 1. The summed E-state index contributed by atoms with van der Waals surface area (Å²) >= 11 is 0. The fourth-order valence-corrected chi connectivity index (χ4v) is 1.56. The molecule has 1 heterocycles. The van der Waals surface area contributed by atoms with Gasteiger partial charge in [0, 0.05) is 41.2 Å². The van der Waals surface area contributed by atoms with Crippen LogP contribution in [0.3, 0.4) is 0 Å². The molecule has 1 rings (SSSR count). The second-order valence-corrected chi connectivity index (χ2v) is 4.63. The quantitative estimate of drug-likeness (QED) is 0.740. The van der Waals surface area contributed by atoms with E-state index in [1.54, 1.807) is 12.5 Å². The van der Waals surface area contributed by atoms with Crippen molar-refractivity contribution in [3.63, 3.8) is 0 Å². The Balaban J connectivity index is 2.28. The Kier molecular flexibility index (Phi) is 4.52. The second kappa shape index (κ2) is 5.70. The van der Waals surface area contributed by atoms with Gasteiger partial charge in [0.15, 0.2) is 0 Å². The van der Waals surface area contributed by atoms with Gasteiger partial charge in [0.25, 0.3) is 0 Å². The van der Waals surface area contributed by atoms with Crippen LogP contribution in [0.1, 0.15) is 12.1 Å². The predicted molar refractivity (Wildman–Crippen MR) is 58.8 cm³/mol. The van der Waals surface area contributed by atoms with Gasteiger partial charge in [-0.1, -0.05) is 0 Å². The summed E-state index contributed by atoms with van der Waals surface area (Å²) in [5.41, 5.74) is 0.946. The van der Waals surface area contributed by atoms with Gasteiger partial charge in [0.05, 0.1) is 0 Å². The average molecular weight is 213 g/mol. The van der Waals surface area contributed by atoms with Crippen LogP contribution in [0.5, 0.6) is 0 Å². The van der Waals surface area contributed by atoms with Crippen LogP contribution in [0.2, 0.25) is 0 Å². The molecule has 1 atom stereocenters. The van der Waals surface area contributed by atoms with Crippen molar-refractivity contribution in [2.45, 2.75) is 13.3 Å². The van der Waals surface area contributed by atoms with Crippen molar-refractivity contribution in [2.75, 3.05) is 23.9 Å². The maximum absolute atomic E-state index is 10.8. The lowest BCUT2D eigenvalue weighted by Gasteiger charge is -2.03. The van der Waals surface area contributed by atoms with Crippen molar-refractivity contribution in [1.82, 2.24) is 9.97 Å². The molecule has 1 aromatic heterocycles. The number of aromatic nitrogens is 2. The Morgan fingerprint density at radius 2 is 2.36 bits per heavy atom. The summed E-state index contributed by atoms with van der Waals surface area (Å²) in [4.78, 5) is 8.25. The minimum Gasteiger partial charge on any atom is -0.354 e. The minimum atomic E-state index is -0.709. The third-order valence-electron chi connectivity index (χ3n) is 1.69. The van der Waals surface area contributed by atoms with E-state index in [1.165, 1.54) is 0 Å². The van der Waals surface area contributed by atoms with E-state index < -0.39 is 10.8 Å². The van der Waals surface area contributed by atoms with Crippen LogP contribution in [0.4, 0.5) is 5.95 Å².